The first kappa shape index (κ1) is 10.4. The minimum atomic E-state index is -0.968. The van der Waals surface area contributed by atoms with Crippen molar-refractivity contribution in [2.45, 2.75) is 6.04 Å². The molecule has 1 heterocycles. The number of hydrogen-bond acceptors (Lipinski definition) is 5. The zero-order valence-electron chi connectivity index (χ0n) is 5.82. The van der Waals surface area contributed by atoms with E-state index in [0.717, 1.165) is 5.75 Å². The van der Waals surface area contributed by atoms with E-state index in [-0.39, 0.29) is 17.7 Å². The highest BCUT2D eigenvalue weighted by molar-refractivity contribution is 8.16. The maximum Gasteiger partial charge on any atom is 0.317 e. The second-order valence-electron chi connectivity index (χ2n) is 1.83. The van der Waals surface area contributed by atoms with Crippen LogP contribution >= 0.6 is 11.8 Å². The third-order valence-electron chi connectivity index (χ3n) is 0.883. The van der Waals surface area contributed by atoms with E-state index in [2.05, 4.69) is 5.73 Å². The lowest BCUT2D eigenvalue weighted by atomic mass is 10.4. The Morgan fingerprint density at radius 3 is 2.18 bits per heavy atom. The van der Waals surface area contributed by atoms with E-state index in [4.69, 9.17) is 10.8 Å². The second-order valence-corrected chi connectivity index (χ2v) is 2.86. The van der Waals surface area contributed by atoms with Gasteiger partial charge in [0.25, 0.3) is 0 Å². The summed E-state index contributed by atoms with van der Waals surface area (Å²) in [4.78, 5) is 19.3. The molecular weight excluding hydrogens is 168 g/mol. The Morgan fingerprint density at radius 2 is 2.18 bits per heavy atom. The van der Waals surface area contributed by atoms with Crippen LogP contribution in [0.3, 0.4) is 0 Å². The van der Waals surface area contributed by atoms with Gasteiger partial charge in [-0.2, -0.15) is 0 Å². The molecular formula is C5H10N2O3S. The summed E-state index contributed by atoms with van der Waals surface area (Å²) >= 11 is 1.30. The zero-order chi connectivity index (χ0) is 8.85. The molecule has 1 aliphatic rings. The second kappa shape index (κ2) is 5.11. The van der Waals surface area contributed by atoms with Crippen molar-refractivity contribution in [3.05, 3.63) is 0 Å². The number of carbonyl (C=O) groups excluding carboxylic acids is 1. The molecule has 0 aromatic rings. The summed E-state index contributed by atoms with van der Waals surface area (Å²) in [6.45, 7) is -0.278. The van der Waals surface area contributed by atoms with Crippen molar-refractivity contribution in [3.63, 3.8) is 0 Å². The highest BCUT2D eigenvalue weighted by Crippen LogP contribution is 2.16. The Morgan fingerprint density at radius 1 is 1.82 bits per heavy atom. The number of carbonyl (C=O) groups is 2. The average molecular weight is 178 g/mol. The molecule has 0 aromatic carbocycles. The number of aliphatic carboxylic acids is 1. The van der Waals surface area contributed by atoms with Crippen LogP contribution in [0.4, 0.5) is 0 Å². The molecule has 1 fully saturated rings. The van der Waals surface area contributed by atoms with E-state index in [1.54, 1.807) is 0 Å². The van der Waals surface area contributed by atoms with Gasteiger partial charge in [-0.1, -0.05) is 11.8 Å². The molecule has 0 saturated carbocycles. The first-order chi connectivity index (χ1) is 5.07. The first-order valence-electron chi connectivity index (χ1n) is 2.92. The topological polar surface area (TPSA) is 106 Å². The van der Waals surface area contributed by atoms with Crippen LogP contribution in [0.1, 0.15) is 0 Å². The molecule has 1 unspecified atom stereocenters. The van der Waals surface area contributed by atoms with Gasteiger partial charge in [0, 0.05) is 5.75 Å². The van der Waals surface area contributed by atoms with Crippen LogP contribution < -0.4 is 11.5 Å². The lowest BCUT2D eigenvalue weighted by Crippen LogP contribution is -2.39. The smallest absolute Gasteiger partial charge is 0.317 e. The molecule has 0 aromatic heterocycles. The molecule has 1 atom stereocenters. The van der Waals surface area contributed by atoms with Crippen molar-refractivity contribution in [2.24, 2.45) is 11.5 Å². The summed E-state index contributed by atoms with van der Waals surface area (Å²) in [5, 5.41) is 7.73. The van der Waals surface area contributed by atoms with E-state index in [1.165, 1.54) is 11.8 Å². The largest absolute Gasteiger partial charge is 0.480 e. The number of hydrogen-bond donors (Lipinski definition) is 3. The fourth-order valence-corrected chi connectivity index (χ4v) is 0.743. The Bertz CT molecular complexity index is 162. The normalized spacial score (nSPS) is 21.3. The Balaban J connectivity index is 0.000000187. The highest BCUT2D eigenvalue weighted by Gasteiger charge is 2.24. The van der Waals surface area contributed by atoms with Crippen LogP contribution in [0, 0.1) is 0 Å². The molecule has 0 bridgehead atoms. The van der Waals surface area contributed by atoms with Crippen molar-refractivity contribution in [1.29, 1.82) is 0 Å². The quantitative estimate of drug-likeness (QED) is 0.456. The van der Waals surface area contributed by atoms with Gasteiger partial charge < -0.3 is 16.6 Å². The van der Waals surface area contributed by atoms with E-state index in [1.807, 2.05) is 0 Å². The summed E-state index contributed by atoms with van der Waals surface area (Å²) < 4.78 is 0. The summed E-state index contributed by atoms with van der Waals surface area (Å²) in [5.74, 6) is -0.149. The average Bonchev–Trinajstić information content (AvgIpc) is 2.02. The number of carboxylic acids is 1. The van der Waals surface area contributed by atoms with Crippen molar-refractivity contribution in [2.75, 3.05) is 12.3 Å². The van der Waals surface area contributed by atoms with E-state index >= 15 is 0 Å². The van der Waals surface area contributed by atoms with Gasteiger partial charge in [0.15, 0.2) is 0 Å². The molecule has 1 aliphatic heterocycles. The van der Waals surface area contributed by atoms with Gasteiger partial charge in [-0.25, -0.2) is 0 Å². The Labute approximate surface area is 68.1 Å². The van der Waals surface area contributed by atoms with Crippen LogP contribution in [0.25, 0.3) is 0 Å². The molecule has 1 saturated heterocycles. The summed E-state index contributed by atoms with van der Waals surface area (Å²) in [7, 11) is 0. The molecule has 6 heteroatoms. The lowest BCUT2D eigenvalue weighted by molar-refractivity contribution is -0.135. The molecule has 0 spiro atoms. The first-order valence-corrected chi connectivity index (χ1v) is 3.90. The highest BCUT2D eigenvalue weighted by atomic mass is 32.2. The third kappa shape index (κ3) is 4.77. The molecule has 64 valence electrons. The van der Waals surface area contributed by atoms with Crippen LogP contribution in [0.15, 0.2) is 0 Å². The van der Waals surface area contributed by atoms with Gasteiger partial charge in [-0.05, 0) is 0 Å². The summed E-state index contributed by atoms with van der Waals surface area (Å²) in [6.07, 6.45) is 0. The van der Waals surface area contributed by atoms with Crippen LogP contribution in [-0.4, -0.2) is 34.5 Å². The van der Waals surface area contributed by atoms with E-state index in [0.29, 0.717) is 0 Å². The van der Waals surface area contributed by atoms with E-state index in [9.17, 15) is 9.59 Å². The molecule has 0 amide bonds. The molecule has 5 nitrogen and oxygen atoms in total. The standard InChI is InChI=1S/C3H5NOS.C2H5NO2/c4-2-1-6-3(2)5;3-1-2(4)5/h2H,1,4H2;1,3H2,(H,4,5). The predicted octanol–water partition coefficient (Wildman–Crippen LogP) is -1.38. The van der Waals surface area contributed by atoms with Crippen molar-refractivity contribution >= 4 is 22.8 Å². The van der Waals surface area contributed by atoms with Gasteiger partial charge in [0.1, 0.15) is 0 Å². The molecule has 0 aliphatic carbocycles. The monoisotopic (exact) mass is 178 g/mol. The number of nitrogens with two attached hydrogens (primary N) is 2. The number of rotatable bonds is 1. The van der Waals surface area contributed by atoms with Gasteiger partial charge in [-0.15, -0.1) is 0 Å². The van der Waals surface area contributed by atoms with Crippen molar-refractivity contribution in [1.82, 2.24) is 0 Å². The Kier molecular flexibility index (Phi) is 4.84. The van der Waals surface area contributed by atoms with E-state index < -0.39 is 5.97 Å². The molecule has 11 heavy (non-hydrogen) atoms. The minimum absolute atomic E-state index is 0.134. The van der Waals surface area contributed by atoms with Crippen molar-refractivity contribution in [3.8, 4) is 0 Å². The van der Waals surface area contributed by atoms with Crippen LogP contribution in [0.2, 0.25) is 0 Å². The van der Waals surface area contributed by atoms with Crippen molar-refractivity contribution < 1.29 is 14.7 Å². The maximum absolute atomic E-state index is 10.1. The minimum Gasteiger partial charge on any atom is -0.480 e. The van der Waals surface area contributed by atoms with Gasteiger partial charge in [0.05, 0.1) is 12.6 Å². The predicted molar refractivity (Wildman–Crippen MR) is 42.1 cm³/mol. The summed E-state index contributed by atoms with van der Waals surface area (Å²) in [6, 6.07) is -0.144. The lowest BCUT2D eigenvalue weighted by Gasteiger charge is -2.16. The molecule has 0 radical (unpaired) electrons. The fourth-order valence-electron chi connectivity index (χ4n) is 0.248. The fraction of sp³-hybridized carbons (Fsp3) is 0.600. The summed E-state index contributed by atoms with van der Waals surface area (Å²) in [5.41, 5.74) is 9.72. The number of thioether (sulfide) groups is 1. The maximum atomic E-state index is 10.1. The zero-order valence-corrected chi connectivity index (χ0v) is 6.63. The third-order valence-corrected chi connectivity index (χ3v) is 2.00. The Hall–Kier alpha value is -0.590. The number of carboxylic acid groups (broad SMARTS) is 1. The van der Waals surface area contributed by atoms with Gasteiger partial charge in [-0.3, -0.25) is 9.59 Å². The van der Waals surface area contributed by atoms with Crippen LogP contribution in [0.5, 0.6) is 0 Å². The van der Waals surface area contributed by atoms with Crippen LogP contribution in [-0.2, 0) is 9.59 Å². The van der Waals surface area contributed by atoms with Gasteiger partial charge in [0.2, 0.25) is 5.12 Å². The SMILES string of the molecule is NC1CSC1=O.NCC(=O)O. The molecule has 5 N–H and O–H groups in total. The molecule has 1 rings (SSSR count). The van der Waals surface area contributed by atoms with Gasteiger partial charge >= 0.3 is 5.97 Å².